The fourth-order valence-electron chi connectivity index (χ4n) is 3.15. The van der Waals surface area contributed by atoms with Crippen LogP contribution in [0.5, 0.6) is 5.75 Å². The van der Waals surface area contributed by atoms with E-state index in [4.69, 9.17) is 10.5 Å². The van der Waals surface area contributed by atoms with Crippen molar-refractivity contribution in [3.05, 3.63) is 29.3 Å². The van der Waals surface area contributed by atoms with Crippen molar-refractivity contribution in [2.45, 2.75) is 25.7 Å². The second-order valence-electron chi connectivity index (χ2n) is 5.80. The lowest BCUT2D eigenvalue weighted by molar-refractivity contribution is -0.664. The first-order valence-corrected chi connectivity index (χ1v) is 7.68. The Kier molecular flexibility index (Phi) is 5.80. The number of aliphatic imine (C=N–C) groups is 1. The van der Waals surface area contributed by atoms with Crippen molar-refractivity contribution >= 4 is 11.7 Å². The van der Waals surface area contributed by atoms with Gasteiger partial charge in [0.1, 0.15) is 11.6 Å². The fraction of sp³-hybridized carbons (Fsp3) is 0.500. The summed E-state index contributed by atoms with van der Waals surface area (Å²) in [5, 5.41) is 2.37. The minimum Gasteiger partial charge on any atom is -1.00 e. The third kappa shape index (κ3) is 3.78. The third-order valence-corrected chi connectivity index (χ3v) is 4.30. The monoisotopic (exact) mass is 323 g/mol. The lowest BCUT2D eigenvalue weighted by atomic mass is 9.95. The molecule has 0 unspecified atom stereocenters. The standard InChI is InChI=1S/C16H21N3O2.ClH/c17-16-15-12(10-14(20)19-16)2-1-3-13(15)21-9-6-11-4-7-18-8-5-11;/h1-3,11,18H,4-10H2,(H2,17,19,20);1H. The molecule has 1 aromatic rings. The molecule has 4 N–H and O–H groups in total. The van der Waals surface area contributed by atoms with Crippen LogP contribution in [0, 0.1) is 5.92 Å². The maximum Gasteiger partial charge on any atom is 0.252 e. The van der Waals surface area contributed by atoms with Gasteiger partial charge < -0.3 is 28.2 Å². The van der Waals surface area contributed by atoms with Crippen molar-refractivity contribution in [1.82, 2.24) is 0 Å². The van der Waals surface area contributed by atoms with Gasteiger partial charge in [-0.3, -0.25) is 4.79 Å². The van der Waals surface area contributed by atoms with Crippen LogP contribution in [0.1, 0.15) is 30.4 Å². The maximum atomic E-state index is 11.5. The van der Waals surface area contributed by atoms with Crippen LogP contribution in [-0.2, 0) is 11.2 Å². The average Bonchev–Trinajstić information content (AvgIpc) is 2.48. The molecule has 1 amide bonds. The van der Waals surface area contributed by atoms with Gasteiger partial charge in [-0.05, 0) is 36.8 Å². The Morgan fingerprint density at radius 1 is 1.32 bits per heavy atom. The zero-order chi connectivity index (χ0) is 14.7. The van der Waals surface area contributed by atoms with E-state index in [-0.39, 0.29) is 24.1 Å². The topological polar surface area (TPSA) is 81.3 Å². The number of halogens is 1. The number of piperidine rings is 1. The molecule has 0 radical (unpaired) electrons. The Hall–Kier alpha value is -1.59. The Morgan fingerprint density at radius 2 is 2.09 bits per heavy atom. The summed E-state index contributed by atoms with van der Waals surface area (Å²) >= 11 is 0. The summed E-state index contributed by atoms with van der Waals surface area (Å²) in [5.74, 6) is 1.62. The minimum absolute atomic E-state index is 0. The van der Waals surface area contributed by atoms with Gasteiger partial charge in [0.15, 0.2) is 0 Å². The highest BCUT2D eigenvalue weighted by Crippen LogP contribution is 2.26. The molecule has 3 rings (SSSR count). The number of amides is 1. The summed E-state index contributed by atoms with van der Waals surface area (Å²) in [6, 6.07) is 5.74. The van der Waals surface area contributed by atoms with Crippen molar-refractivity contribution < 1.29 is 27.3 Å². The van der Waals surface area contributed by atoms with Crippen molar-refractivity contribution in [2.24, 2.45) is 16.6 Å². The smallest absolute Gasteiger partial charge is 0.252 e. The predicted octanol–water partition coefficient (Wildman–Crippen LogP) is -2.78. The van der Waals surface area contributed by atoms with Crippen molar-refractivity contribution in [3.8, 4) is 5.75 Å². The second-order valence-corrected chi connectivity index (χ2v) is 5.80. The lowest BCUT2D eigenvalue weighted by Gasteiger charge is -2.21. The van der Waals surface area contributed by atoms with Crippen LogP contribution >= 0.6 is 0 Å². The van der Waals surface area contributed by atoms with Crippen molar-refractivity contribution in [2.75, 3.05) is 19.7 Å². The third-order valence-electron chi connectivity index (χ3n) is 4.30. The molecule has 6 heteroatoms. The molecule has 0 spiro atoms. The normalized spacial score (nSPS) is 18.2. The minimum atomic E-state index is -0.185. The molecule has 2 aliphatic heterocycles. The van der Waals surface area contributed by atoms with E-state index in [9.17, 15) is 4.79 Å². The molecule has 0 atom stereocenters. The number of quaternary nitrogens is 1. The van der Waals surface area contributed by atoms with E-state index in [2.05, 4.69) is 10.3 Å². The summed E-state index contributed by atoms with van der Waals surface area (Å²) in [7, 11) is 0. The van der Waals surface area contributed by atoms with Crippen molar-refractivity contribution in [3.63, 3.8) is 0 Å². The van der Waals surface area contributed by atoms with Crippen molar-refractivity contribution in [1.29, 1.82) is 0 Å². The summed E-state index contributed by atoms with van der Waals surface area (Å²) in [6.07, 6.45) is 3.93. The molecule has 2 aliphatic rings. The molecule has 22 heavy (non-hydrogen) atoms. The first kappa shape index (κ1) is 16.8. The van der Waals surface area contributed by atoms with E-state index in [0.29, 0.717) is 13.0 Å². The number of amidine groups is 1. The Bertz CT molecular complexity index is 569. The van der Waals surface area contributed by atoms with E-state index in [0.717, 1.165) is 29.2 Å². The molecule has 1 saturated heterocycles. The van der Waals surface area contributed by atoms with E-state index >= 15 is 0 Å². The molecule has 5 nitrogen and oxygen atoms in total. The molecule has 1 fully saturated rings. The predicted molar refractivity (Wildman–Crippen MR) is 80.4 cm³/mol. The number of nitrogens with zero attached hydrogens (tertiary/aromatic N) is 1. The summed E-state index contributed by atoms with van der Waals surface area (Å²) in [4.78, 5) is 15.3. The average molecular weight is 324 g/mol. The van der Waals surface area contributed by atoms with Crippen LogP contribution in [0.3, 0.4) is 0 Å². The summed E-state index contributed by atoms with van der Waals surface area (Å²) < 4.78 is 5.93. The van der Waals surface area contributed by atoms with Crippen LogP contribution < -0.4 is 28.2 Å². The van der Waals surface area contributed by atoms with E-state index < -0.39 is 0 Å². The number of nitrogens with two attached hydrogens (primary N) is 2. The zero-order valence-electron chi connectivity index (χ0n) is 12.6. The Morgan fingerprint density at radius 3 is 2.86 bits per heavy atom. The number of rotatable bonds is 4. The Labute approximate surface area is 136 Å². The van der Waals surface area contributed by atoms with E-state index in [1.807, 2.05) is 18.2 Å². The van der Waals surface area contributed by atoms with Crippen LogP contribution in [0.25, 0.3) is 0 Å². The Balaban J connectivity index is 0.00000176. The molecular weight excluding hydrogens is 302 g/mol. The first-order valence-electron chi connectivity index (χ1n) is 7.68. The summed E-state index contributed by atoms with van der Waals surface area (Å²) in [5.41, 5.74) is 7.61. The number of fused-ring (bicyclic) bond motifs is 1. The number of benzene rings is 1. The molecule has 0 bridgehead atoms. The lowest BCUT2D eigenvalue weighted by Crippen LogP contribution is -3.00. The molecule has 0 aliphatic carbocycles. The number of hydrogen-bond acceptors (Lipinski definition) is 3. The van der Waals surface area contributed by atoms with Crippen LogP contribution in [0.4, 0.5) is 0 Å². The SMILES string of the molecule is NC1=NC(=O)Cc2cccc(OCCC3CC[NH2+]CC3)c21.[Cl-]. The van der Waals surface area contributed by atoms with Gasteiger partial charge in [-0.1, -0.05) is 12.1 Å². The first-order chi connectivity index (χ1) is 10.2. The van der Waals surface area contributed by atoms with Crippen LogP contribution in [0.2, 0.25) is 0 Å². The van der Waals surface area contributed by atoms with Gasteiger partial charge in [0.2, 0.25) is 0 Å². The van der Waals surface area contributed by atoms with E-state index in [1.54, 1.807) is 0 Å². The maximum absolute atomic E-state index is 11.5. The van der Waals surface area contributed by atoms with Gasteiger partial charge in [-0.15, -0.1) is 0 Å². The van der Waals surface area contributed by atoms with Gasteiger partial charge in [-0.2, -0.15) is 4.99 Å². The number of ether oxygens (including phenoxy) is 1. The highest BCUT2D eigenvalue weighted by atomic mass is 35.5. The molecule has 120 valence electrons. The quantitative estimate of drug-likeness (QED) is 0.629. The molecule has 1 aromatic carbocycles. The highest BCUT2D eigenvalue weighted by molar-refractivity contribution is 6.10. The highest BCUT2D eigenvalue weighted by Gasteiger charge is 2.21. The van der Waals surface area contributed by atoms with E-state index in [1.165, 1.54) is 25.9 Å². The fourth-order valence-corrected chi connectivity index (χ4v) is 3.15. The van der Waals surface area contributed by atoms with Gasteiger partial charge >= 0.3 is 0 Å². The molecule has 0 saturated carbocycles. The largest absolute Gasteiger partial charge is 1.00 e. The molecular formula is C16H22ClN3O2. The van der Waals surface area contributed by atoms with Gasteiger partial charge in [-0.25, -0.2) is 0 Å². The molecule has 0 aromatic heterocycles. The van der Waals surface area contributed by atoms with Gasteiger partial charge in [0, 0.05) is 0 Å². The van der Waals surface area contributed by atoms with Crippen LogP contribution in [0.15, 0.2) is 23.2 Å². The molecule has 2 heterocycles. The second kappa shape index (κ2) is 7.61. The number of carbonyl (C=O) groups is 1. The number of carbonyl (C=O) groups excluding carboxylic acids is 1. The van der Waals surface area contributed by atoms with Crippen LogP contribution in [-0.4, -0.2) is 31.4 Å². The zero-order valence-corrected chi connectivity index (χ0v) is 13.3. The van der Waals surface area contributed by atoms with Gasteiger partial charge in [0.25, 0.3) is 5.91 Å². The summed E-state index contributed by atoms with van der Waals surface area (Å²) in [6.45, 7) is 3.16. The van der Waals surface area contributed by atoms with Gasteiger partial charge in [0.05, 0.1) is 31.7 Å². The number of hydrogen-bond donors (Lipinski definition) is 2.